The molecular weight excluding hydrogens is 512 g/mol. The molecule has 1 amide bonds. The summed E-state index contributed by atoms with van der Waals surface area (Å²) in [5.41, 5.74) is 0.415. The average molecular weight is 537 g/mol. The monoisotopic (exact) mass is 536 g/mol. The Morgan fingerprint density at radius 2 is 1.74 bits per heavy atom. The van der Waals surface area contributed by atoms with Crippen molar-refractivity contribution in [2.45, 2.75) is 22.6 Å². The van der Waals surface area contributed by atoms with Crippen molar-refractivity contribution in [3.63, 3.8) is 0 Å². The average Bonchev–Trinajstić information content (AvgIpc) is 3.37. The van der Waals surface area contributed by atoms with E-state index >= 15 is 0 Å². The molecule has 13 heteroatoms. The highest BCUT2D eigenvalue weighted by molar-refractivity contribution is 7.93. The van der Waals surface area contributed by atoms with E-state index in [0.29, 0.717) is 30.8 Å². The first kappa shape index (κ1) is 25.1. The molecule has 0 saturated carbocycles. The molecular formula is C22H24N4O6S3. The summed E-state index contributed by atoms with van der Waals surface area (Å²) in [6.45, 7) is 0.390. The van der Waals surface area contributed by atoms with Gasteiger partial charge in [0.05, 0.1) is 22.8 Å². The number of rotatable bonds is 8. The fourth-order valence-electron chi connectivity index (χ4n) is 3.68. The highest BCUT2D eigenvalue weighted by Gasteiger charge is 2.33. The fourth-order valence-corrected chi connectivity index (χ4v) is 6.99. The molecule has 4 rings (SSSR count). The summed E-state index contributed by atoms with van der Waals surface area (Å²) in [4.78, 5) is 16.9. The lowest BCUT2D eigenvalue weighted by molar-refractivity contribution is -0.120. The first-order valence-electron chi connectivity index (χ1n) is 10.7. The van der Waals surface area contributed by atoms with E-state index in [1.165, 1.54) is 54.0 Å². The molecule has 35 heavy (non-hydrogen) atoms. The maximum absolute atomic E-state index is 13.0. The third-order valence-electron chi connectivity index (χ3n) is 5.54. The van der Waals surface area contributed by atoms with Gasteiger partial charge in [-0.15, -0.1) is 11.3 Å². The van der Waals surface area contributed by atoms with Crippen molar-refractivity contribution in [3.8, 4) is 5.75 Å². The van der Waals surface area contributed by atoms with Gasteiger partial charge in [0.1, 0.15) is 5.75 Å². The van der Waals surface area contributed by atoms with Crippen molar-refractivity contribution in [2.75, 3.05) is 30.2 Å². The van der Waals surface area contributed by atoms with Gasteiger partial charge in [-0.3, -0.25) is 9.52 Å². The zero-order chi connectivity index (χ0) is 25.1. The lowest BCUT2D eigenvalue weighted by Crippen LogP contribution is -2.43. The number of nitrogens with zero attached hydrogens (tertiary/aromatic N) is 2. The first-order chi connectivity index (χ1) is 16.7. The van der Waals surface area contributed by atoms with Crippen molar-refractivity contribution >= 4 is 48.1 Å². The SMILES string of the molecule is COc1ccc(S(=O)(=O)N2CCC[C@H](C(=O)Nc3ccc(S(=O)(=O)Nc4nccs4)cc3)C2)cc1. The van der Waals surface area contributed by atoms with E-state index in [9.17, 15) is 21.6 Å². The number of carbonyl (C=O) groups excluding carboxylic acids is 1. The number of thiazole rings is 1. The number of piperidine rings is 1. The number of ether oxygens (including phenoxy) is 1. The quantitative estimate of drug-likeness (QED) is 0.452. The summed E-state index contributed by atoms with van der Waals surface area (Å²) in [7, 11) is -6.05. The maximum atomic E-state index is 13.0. The van der Waals surface area contributed by atoms with E-state index in [0.717, 1.165) is 11.3 Å². The molecule has 0 radical (unpaired) electrons. The topological polar surface area (TPSA) is 135 Å². The van der Waals surface area contributed by atoms with E-state index in [2.05, 4.69) is 15.0 Å². The maximum Gasteiger partial charge on any atom is 0.263 e. The van der Waals surface area contributed by atoms with Gasteiger partial charge in [0.25, 0.3) is 10.0 Å². The molecule has 186 valence electrons. The van der Waals surface area contributed by atoms with Gasteiger partial charge in [-0.1, -0.05) is 0 Å². The van der Waals surface area contributed by atoms with Gasteiger partial charge in [0.2, 0.25) is 15.9 Å². The molecule has 10 nitrogen and oxygen atoms in total. The van der Waals surface area contributed by atoms with Crippen LogP contribution in [0.3, 0.4) is 0 Å². The van der Waals surface area contributed by atoms with Crippen molar-refractivity contribution < 1.29 is 26.4 Å². The van der Waals surface area contributed by atoms with Crippen molar-refractivity contribution in [1.29, 1.82) is 0 Å². The lowest BCUT2D eigenvalue weighted by atomic mass is 9.99. The smallest absolute Gasteiger partial charge is 0.263 e. The minimum Gasteiger partial charge on any atom is -0.497 e. The largest absolute Gasteiger partial charge is 0.497 e. The predicted molar refractivity (Wildman–Crippen MR) is 132 cm³/mol. The van der Waals surface area contributed by atoms with Crippen molar-refractivity contribution in [3.05, 3.63) is 60.1 Å². The van der Waals surface area contributed by atoms with Crippen LogP contribution in [0.25, 0.3) is 0 Å². The molecule has 0 aliphatic carbocycles. The second-order valence-corrected chi connectivity index (χ2v) is 12.3. The second-order valence-electron chi connectivity index (χ2n) is 7.83. The molecule has 3 aromatic rings. The molecule has 2 aromatic carbocycles. The van der Waals surface area contributed by atoms with Gasteiger partial charge < -0.3 is 10.1 Å². The summed E-state index contributed by atoms with van der Waals surface area (Å²) < 4.78 is 59.8. The molecule has 1 saturated heterocycles. The number of nitrogens with one attached hydrogen (secondary N) is 2. The van der Waals surface area contributed by atoms with Crippen LogP contribution in [0.5, 0.6) is 5.75 Å². The summed E-state index contributed by atoms with van der Waals surface area (Å²) in [6.07, 6.45) is 2.59. The Morgan fingerprint density at radius 3 is 2.37 bits per heavy atom. The Morgan fingerprint density at radius 1 is 1.06 bits per heavy atom. The molecule has 1 atom stereocenters. The molecule has 0 spiro atoms. The summed E-state index contributed by atoms with van der Waals surface area (Å²) in [5.74, 6) is -0.305. The van der Waals surface area contributed by atoms with Gasteiger partial charge in [-0.05, 0) is 61.4 Å². The third-order valence-corrected chi connectivity index (χ3v) is 9.59. The Kier molecular flexibility index (Phi) is 7.40. The van der Waals surface area contributed by atoms with Gasteiger partial charge in [0, 0.05) is 30.4 Å². The fraction of sp³-hybridized carbons (Fsp3) is 0.273. The second kappa shape index (κ2) is 10.3. The summed E-state index contributed by atoms with van der Waals surface area (Å²) in [6, 6.07) is 11.9. The van der Waals surface area contributed by atoms with Crippen LogP contribution in [0.2, 0.25) is 0 Å². The Hall–Kier alpha value is -3.00. The number of carbonyl (C=O) groups is 1. The van der Waals surface area contributed by atoms with Crippen LogP contribution < -0.4 is 14.8 Å². The Labute approximate surface area is 208 Å². The van der Waals surface area contributed by atoms with Crippen LogP contribution in [-0.2, 0) is 24.8 Å². The number of hydrogen-bond acceptors (Lipinski definition) is 8. The summed E-state index contributed by atoms with van der Waals surface area (Å²) >= 11 is 1.16. The van der Waals surface area contributed by atoms with Gasteiger partial charge >= 0.3 is 0 Å². The van der Waals surface area contributed by atoms with E-state index in [4.69, 9.17) is 4.74 Å². The van der Waals surface area contributed by atoms with Gasteiger partial charge in [0.15, 0.2) is 5.13 Å². The number of anilines is 2. The minimum atomic E-state index is -3.80. The summed E-state index contributed by atoms with van der Waals surface area (Å²) in [5, 5.41) is 4.68. The minimum absolute atomic E-state index is 0.0279. The molecule has 2 N–H and O–H groups in total. The Balaban J connectivity index is 1.40. The molecule has 0 bridgehead atoms. The van der Waals surface area contributed by atoms with E-state index in [1.54, 1.807) is 17.5 Å². The van der Waals surface area contributed by atoms with Crippen molar-refractivity contribution in [2.24, 2.45) is 5.92 Å². The third kappa shape index (κ3) is 5.81. The van der Waals surface area contributed by atoms with Gasteiger partial charge in [-0.25, -0.2) is 21.8 Å². The zero-order valence-electron chi connectivity index (χ0n) is 18.7. The standard InChI is InChI=1S/C22H24N4O6S3/c1-32-18-6-10-20(11-7-18)35(30,31)26-13-2-3-16(15-26)21(27)24-17-4-8-19(9-5-17)34(28,29)25-22-23-12-14-33-22/h4-12,14,16H,2-3,13,15H2,1H3,(H,23,25)(H,24,27)/t16-/m0/s1. The van der Waals surface area contributed by atoms with Crippen LogP contribution in [0.4, 0.5) is 10.8 Å². The van der Waals surface area contributed by atoms with E-state index in [1.807, 2.05) is 0 Å². The number of aromatic nitrogens is 1. The van der Waals surface area contributed by atoms with Gasteiger partial charge in [-0.2, -0.15) is 4.31 Å². The van der Waals surface area contributed by atoms with Crippen LogP contribution in [0.15, 0.2) is 69.9 Å². The lowest BCUT2D eigenvalue weighted by Gasteiger charge is -2.31. The van der Waals surface area contributed by atoms with E-state index in [-0.39, 0.29) is 27.4 Å². The van der Waals surface area contributed by atoms with Crippen LogP contribution in [-0.4, -0.2) is 52.2 Å². The highest BCUT2D eigenvalue weighted by atomic mass is 32.2. The number of sulfonamides is 2. The molecule has 1 fully saturated rings. The first-order valence-corrected chi connectivity index (χ1v) is 14.5. The highest BCUT2D eigenvalue weighted by Crippen LogP contribution is 2.26. The normalized spacial score (nSPS) is 17.0. The molecule has 1 aromatic heterocycles. The number of hydrogen-bond donors (Lipinski definition) is 2. The number of benzene rings is 2. The number of amides is 1. The van der Waals surface area contributed by atoms with Crippen molar-refractivity contribution in [1.82, 2.24) is 9.29 Å². The van der Waals surface area contributed by atoms with Crippen LogP contribution >= 0.6 is 11.3 Å². The zero-order valence-corrected chi connectivity index (χ0v) is 21.2. The Bertz CT molecular complexity index is 1370. The number of methoxy groups -OCH3 is 1. The molecule has 1 aliphatic heterocycles. The van der Waals surface area contributed by atoms with Crippen LogP contribution in [0.1, 0.15) is 12.8 Å². The molecule has 2 heterocycles. The molecule has 1 aliphatic rings. The molecule has 0 unspecified atom stereocenters. The predicted octanol–water partition coefficient (Wildman–Crippen LogP) is 2.99. The van der Waals surface area contributed by atoms with Crippen LogP contribution in [0, 0.1) is 5.92 Å². The van der Waals surface area contributed by atoms with E-state index < -0.39 is 26.0 Å².